The van der Waals surface area contributed by atoms with Crippen LogP contribution < -0.4 is 10.2 Å². The summed E-state index contributed by atoms with van der Waals surface area (Å²) in [5.74, 6) is -1.39. The zero-order valence-electron chi connectivity index (χ0n) is 19.8. The van der Waals surface area contributed by atoms with Crippen molar-refractivity contribution in [2.75, 3.05) is 51.1 Å². The fourth-order valence-corrected chi connectivity index (χ4v) is 2.85. The minimum absolute atomic E-state index is 0.200. The molecule has 10 nitrogen and oxygen atoms in total. The van der Waals surface area contributed by atoms with Crippen LogP contribution in [0.15, 0.2) is 36.4 Å². The molecule has 0 bridgehead atoms. The van der Waals surface area contributed by atoms with Crippen LogP contribution in [0, 0.1) is 0 Å². The largest absolute Gasteiger partial charge is 0.460 e. The standard InChI is InChI=1S/C24H32N2O8/c1-24(2,3)34-22(29)10-12-31-14-16-33-17-15-32-13-11-25-23(30)18-4-6-19(7-5-18)26-20(27)8-9-21(26)28/h4-9H,10-17H2,1-3H3,(H,25,30). The Labute approximate surface area is 199 Å². The van der Waals surface area contributed by atoms with Crippen molar-refractivity contribution in [3.05, 3.63) is 42.0 Å². The van der Waals surface area contributed by atoms with Gasteiger partial charge in [-0.05, 0) is 45.0 Å². The lowest BCUT2D eigenvalue weighted by Crippen LogP contribution is -2.30. The molecule has 2 rings (SSSR count). The number of anilines is 1. The summed E-state index contributed by atoms with van der Waals surface area (Å²) in [5, 5.41) is 2.73. The van der Waals surface area contributed by atoms with Crippen LogP contribution in [0.1, 0.15) is 37.6 Å². The quantitative estimate of drug-likeness (QED) is 0.244. The van der Waals surface area contributed by atoms with Gasteiger partial charge < -0.3 is 24.3 Å². The summed E-state index contributed by atoms with van der Waals surface area (Å²) in [6.45, 7) is 7.88. The Kier molecular flexibility index (Phi) is 10.9. The van der Waals surface area contributed by atoms with Gasteiger partial charge >= 0.3 is 5.97 Å². The molecule has 0 fully saturated rings. The molecule has 0 saturated heterocycles. The maximum Gasteiger partial charge on any atom is 0.308 e. The first-order valence-electron chi connectivity index (χ1n) is 11.1. The highest BCUT2D eigenvalue weighted by Crippen LogP contribution is 2.19. The normalized spacial score (nSPS) is 13.4. The van der Waals surface area contributed by atoms with Gasteiger partial charge in [0.15, 0.2) is 0 Å². The van der Waals surface area contributed by atoms with Crippen LogP contribution in [0.2, 0.25) is 0 Å². The molecule has 0 unspecified atom stereocenters. The fraction of sp³-hybridized carbons (Fsp3) is 0.500. The summed E-state index contributed by atoms with van der Waals surface area (Å²) in [4.78, 5) is 48.1. The lowest BCUT2D eigenvalue weighted by atomic mass is 10.2. The number of nitrogens with one attached hydrogen (secondary N) is 1. The number of esters is 1. The van der Waals surface area contributed by atoms with E-state index in [1.165, 1.54) is 12.2 Å². The van der Waals surface area contributed by atoms with Crippen molar-refractivity contribution in [3.8, 4) is 0 Å². The van der Waals surface area contributed by atoms with Crippen LogP contribution in [-0.2, 0) is 33.3 Å². The summed E-state index contributed by atoms with van der Waals surface area (Å²) in [5.41, 5.74) is 0.324. The highest BCUT2D eigenvalue weighted by Gasteiger charge is 2.25. The van der Waals surface area contributed by atoms with E-state index in [2.05, 4.69) is 5.32 Å². The number of ether oxygens (including phenoxy) is 4. The predicted molar refractivity (Wildman–Crippen MR) is 123 cm³/mol. The van der Waals surface area contributed by atoms with Crippen molar-refractivity contribution >= 4 is 29.4 Å². The fourth-order valence-electron chi connectivity index (χ4n) is 2.85. The van der Waals surface area contributed by atoms with Gasteiger partial charge in [0.2, 0.25) is 0 Å². The lowest BCUT2D eigenvalue weighted by Gasteiger charge is -2.19. The van der Waals surface area contributed by atoms with Gasteiger partial charge in [0.1, 0.15) is 5.60 Å². The van der Waals surface area contributed by atoms with E-state index < -0.39 is 17.4 Å². The van der Waals surface area contributed by atoms with E-state index in [4.69, 9.17) is 18.9 Å². The monoisotopic (exact) mass is 476 g/mol. The second kappa shape index (κ2) is 13.6. The number of nitrogens with zero attached hydrogens (tertiary/aromatic N) is 1. The molecular formula is C24H32N2O8. The van der Waals surface area contributed by atoms with Crippen LogP contribution in [-0.4, -0.2) is 75.5 Å². The van der Waals surface area contributed by atoms with E-state index in [1.54, 1.807) is 24.3 Å². The molecule has 3 amide bonds. The molecule has 0 atom stereocenters. The van der Waals surface area contributed by atoms with Crippen LogP contribution in [0.4, 0.5) is 5.69 Å². The minimum Gasteiger partial charge on any atom is -0.460 e. The Morgan fingerprint density at radius 3 is 1.91 bits per heavy atom. The van der Waals surface area contributed by atoms with E-state index in [0.717, 1.165) is 4.90 Å². The lowest BCUT2D eigenvalue weighted by molar-refractivity contribution is -0.156. The van der Waals surface area contributed by atoms with Gasteiger partial charge in [-0.1, -0.05) is 0 Å². The average molecular weight is 477 g/mol. The Morgan fingerprint density at radius 1 is 0.824 bits per heavy atom. The third-order valence-corrected chi connectivity index (χ3v) is 4.34. The number of rotatable bonds is 14. The molecule has 186 valence electrons. The average Bonchev–Trinajstić information content (AvgIpc) is 3.11. The van der Waals surface area contributed by atoms with Gasteiger partial charge in [-0.3, -0.25) is 19.2 Å². The second-order valence-electron chi connectivity index (χ2n) is 8.32. The van der Waals surface area contributed by atoms with Crippen molar-refractivity contribution in [3.63, 3.8) is 0 Å². The molecule has 34 heavy (non-hydrogen) atoms. The Balaban J connectivity index is 1.46. The number of hydrogen-bond acceptors (Lipinski definition) is 8. The molecule has 1 aromatic rings. The minimum atomic E-state index is -0.495. The number of carbonyl (C=O) groups is 4. The SMILES string of the molecule is CC(C)(C)OC(=O)CCOCCOCCOCCNC(=O)c1ccc(N2C(=O)C=CC2=O)cc1. The van der Waals surface area contributed by atoms with Crippen molar-refractivity contribution in [2.24, 2.45) is 0 Å². The Hall–Kier alpha value is -3.08. The zero-order chi connectivity index (χ0) is 25.0. The van der Waals surface area contributed by atoms with Crippen LogP contribution in [0.3, 0.4) is 0 Å². The smallest absolute Gasteiger partial charge is 0.308 e. The molecule has 10 heteroatoms. The molecule has 1 aliphatic heterocycles. The molecule has 0 spiro atoms. The van der Waals surface area contributed by atoms with E-state index in [9.17, 15) is 19.2 Å². The van der Waals surface area contributed by atoms with Gasteiger partial charge in [-0.25, -0.2) is 4.90 Å². The molecule has 0 radical (unpaired) electrons. The summed E-state index contributed by atoms with van der Waals surface area (Å²) in [6.07, 6.45) is 2.61. The second-order valence-corrected chi connectivity index (χ2v) is 8.32. The molecule has 1 N–H and O–H groups in total. The van der Waals surface area contributed by atoms with E-state index in [1.807, 2.05) is 20.8 Å². The topological polar surface area (TPSA) is 120 Å². The van der Waals surface area contributed by atoms with E-state index in [-0.39, 0.29) is 24.9 Å². The zero-order valence-corrected chi connectivity index (χ0v) is 19.8. The Bertz CT molecular complexity index is 856. The summed E-state index contributed by atoms with van der Waals surface area (Å²) >= 11 is 0. The maximum atomic E-state index is 12.2. The number of imide groups is 1. The van der Waals surface area contributed by atoms with Gasteiger partial charge in [0.25, 0.3) is 17.7 Å². The van der Waals surface area contributed by atoms with E-state index in [0.29, 0.717) is 50.8 Å². The van der Waals surface area contributed by atoms with Crippen molar-refractivity contribution in [1.82, 2.24) is 5.32 Å². The first kappa shape index (κ1) is 27.2. The number of benzene rings is 1. The summed E-state index contributed by atoms with van der Waals surface area (Å²) < 4.78 is 21.3. The van der Waals surface area contributed by atoms with Crippen molar-refractivity contribution in [2.45, 2.75) is 32.8 Å². The number of carbonyl (C=O) groups excluding carboxylic acids is 4. The van der Waals surface area contributed by atoms with Crippen LogP contribution >= 0.6 is 0 Å². The molecule has 0 aromatic heterocycles. The molecule has 0 aliphatic carbocycles. The maximum absolute atomic E-state index is 12.2. The summed E-state index contributed by atoms with van der Waals surface area (Å²) in [6, 6.07) is 6.20. The highest BCUT2D eigenvalue weighted by molar-refractivity contribution is 6.28. The van der Waals surface area contributed by atoms with Gasteiger partial charge in [0.05, 0.1) is 51.7 Å². The first-order valence-corrected chi connectivity index (χ1v) is 11.1. The van der Waals surface area contributed by atoms with Crippen molar-refractivity contribution in [1.29, 1.82) is 0 Å². The molecule has 1 aliphatic rings. The predicted octanol–water partition coefficient (Wildman–Crippen LogP) is 1.63. The Morgan fingerprint density at radius 2 is 1.35 bits per heavy atom. The molecule has 0 saturated carbocycles. The van der Waals surface area contributed by atoms with Crippen LogP contribution in [0.5, 0.6) is 0 Å². The van der Waals surface area contributed by atoms with Crippen LogP contribution in [0.25, 0.3) is 0 Å². The first-order chi connectivity index (χ1) is 16.2. The number of hydrogen-bond donors (Lipinski definition) is 1. The van der Waals surface area contributed by atoms with E-state index >= 15 is 0 Å². The highest BCUT2D eigenvalue weighted by atomic mass is 16.6. The molecule has 1 heterocycles. The summed E-state index contributed by atoms with van der Waals surface area (Å²) in [7, 11) is 0. The van der Waals surface area contributed by atoms with Gasteiger partial charge in [0, 0.05) is 24.3 Å². The van der Waals surface area contributed by atoms with Crippen molar-refractivity contribution < 1.29 is 38.1 Å². The third-order valence-electron chi connectivity index (χ3n) is 4.34. The number of amides is 3. The van der Waals surface area contributed by atoms with Gasteiger partial charge in [-0.15, -0.1) is 0 Å². The van der Waals surface area contributed by atoms with Gasteiger partial charge in [-0.2, -0.15) is 0 Å². The third kappa shape index (κ3) is 9.82. The molecular weight excluding hydrogens is 444 g/mol. The molecule has 1 aromatic carbocycles.